The Morgan fingerprint density at radius 1 is 1.00 bits per heavy atom. The molecule has 2 aromatic carbocycles. The second-order valence-electron chi connectivity index (χ2n) is 5.90. The molecule has 1 aliphatic heterocycles. The summed E-state index contributed by atoms with van der Waals surface area (Å²) in [5, 5.41) is 0. The molecule has 0 spiro atoms. The summed E-state index contributed by atoms with van der Waals surface area (Å²) in [7, 11) is 1.57. The van der Waals surface area contributed by atoms with Gasteiger partial charge in [0.25, 0.3) is 5.91 Å². The second-order valence-corrected chi connectivity index (χ2v) is 5.90. The third-order valence-corrected chi connectivity index (χ3v) is 4.18. The van der Waals surface area contributed by atoms with Crippen molar-refractivity contribution in [3.05, 3.63) is 54.1 Å². The van der Waals surface area contributed by atoms with E-state index in [0.717, 1.165) is 24.1 Å². The molecule has 0 N–H and O–H groups in total. The van der Waals surface area contributed by atoms with E-state index in [2.05, 4.69) is 0 Å². The van der Waals surface area contributed by atoms with Gasteiger partial charge in [-0.05, 0) is 48.7 Å². The van der Waals surface area contributed by atoms with E-state index < -0.39 is 5.97 Å². The van der Waals surface area contributed by atoms with Crippen LogP contribution in [0, 0.1) is 0 Å². The van der Waals surface area contributed by atoms with Crippen molar-refractivity contribution in [2.24, 2.45) is 0 Å². The van der Waals surface area contributed by atoms with Gasteiger partial charge in [-0.1, -0.05) is 18.2 Å². The predicted octanol–water partition coefficient (Wildman–Crippen LogP) is 2.60. The first kappa shape index (κ1) is 17.8. The fourth-order valence-corrected chi connectivity index (χ4v) is 2.87. The zero-order valence-electron chi connectivity index (χ0n) is 14.6. The van der Waals surface area contributed by atoms with E-state index >= 15 is 0 Å². The van der Waals surface area contributed by atoms with Crippen molar-refractivity contribution in [2.45, 2.75) is 12.8 Å². The van der Waals surface area contributed by atoms with Gasteiger partial charge in [0.05, 0.1) is 7.11 Å². The topological polar surface area (TPSA) is 65.1 Å². The molecule has 3 rings (SSSR count). The van der Waals surface area contributed by atoms with E-state index in [1.165, 1.54) is 0 Å². The molecule has 0 atom stereocenters. The van der Waals surface area contributed by atoms with Crippen molar-refractivity contribution in [3.63, 3.8) is 0 Å². The SMILES string of the molecule is COc1ccc(OCC(=O)OCC(=O)N2CCCc3ccccc32)cc1. The van der Waals surface area contributed by atoms with Crippen LogP contribution >= 0.6 is 0 Å². The summed E-state index contributed by atoms with van der Waals surface area (Å²) in [6, 6.07) is 14.7. The number of rotatable bonds is 6. The Balaban J connectivity index is 1.48. The molecule has 0 unspecified atom stereocenters. The lowest BCUT2D eigenvalue weighted by Crippen LogP contribution is -2.38. The minimum Gasteiger partial charge on any atom is -0.497 e. The fourth-order valence-electron chi connectivity index (χ4n) is 2.87. The van der Waals surface area contributed by atoms with Gasteiger partial charge in [-0.25, -0.2) is 4.79 Å². The summed E-state index contributed by atoms with van der Waals surface area (Å²) in [5.74, 6) is 0.417. The third-order valence-electron chi connectivity index (χ3n) is 4.18. The Morgan fingerprint density at radius 3 is 2.50 bits per heavy atom. The van der Waals surface area contributed by atoms with Crippen LogP contribution in [0.15, 0.2) is 48.5 Å². The van der Waals surface area contributed by atoms with Crippen molar-refractivity contribution in [1.82, 2.24) is 0 Å². The number of fused-ring (bicyclic) bond motifs is 1. The van der Waals surface area contributed by atoms with Crippen molar-refractivity contribution in [1.29, 1.82) is 0 Å². The molecular weight excluding hydrogens is 334 g/mol. The molecule has 6 heteroatoms. The molecule has 1 heterocycles. The lowest BCUT2D eigenvalue weighted by Gasteiger charge is -2.29. The van der Waals surface area contributed by atoms with E-state index in [1.807, 2.05) is 24.3 Å². The summed E-state index contributed by atoms with van der Waals surface area (Å²) in [6.07, 6.45) is 1.85. The van der Waals surface area contributed by atoms with Crippen molar-refractivity contribution >= 4 is 17.6 Å². The molecule has 6 nitrogen and oxygen atoms in total. The molecule has 136 valence electrons. The van der Waals surface area contributed by atoms with E-state index in [4.69, 9.17) is 14.2 Å². The highest BCUT2D eigenvalue weighted by molar-refractivity contribution is 5.96. The number of amides is 1. The van der Waals surface area contributed by atoms with Gasteiger partial charge in [0.2, 0.25) is 0 Å². The molecule has 0 fully saturated rings. The fraction of sp³-hybridized carbons (Fsp3) is 0.300. The van der Waals surface area contributed by atoms with Crippen LogP contribution in [0.25, 0.3) is 0 Å². The largest absolute Gasteiger partial charge is 0.497 e. The van der Waals surface area contributed by atoms with Crippen LogP contribution in [-0.2, 0) is 20.7 Å². The number of methoxy groups -OCH3 is 1. The van der Waals surface area contributed by atoms with E-state index in [0.29, 0.717) is 18.0 Å². The van der Waals surface area contributed by atoms with Crippen molar-refractivity contribution in [2.75, 3.05) is 31.8 Å². The van der Waals surface area contributed by atoms with Crippen molar-refractivity contribution in [3.8, 4) is 11.5 Å². The zero-order valence-corrected chi connectivity index (χ0v) is 14.6. The minimum absolute atomic E-state index is 0.227. The van der Waals surface area contributed by atoms with Crippen molar-refractivity contribution < 1.29 is 23.8 Å². The Hall–Kier alpha value is -3.02. The first-order chi connectivity index (χ1) is 12.7. The van der Waals surface area contributed by atoms with Gasteiger partial charge < -0.3 is 19.1 Å². The predicted molar refractivity (Wildman–Crippen MR) is 96.6 cm³/mol. The van der Waals surface area contributed by atoms with E-state index in [-0.39, 0.29) is 19.1 Å². The Morgan fingerprint density at radius 2 is 1.73 bits per heavy atom. The van der Waals surface area contributed by atoms with E-state index in [1.54, 1.807) is 36.3 Å². The molecule has 26 heavy (non-hydrogen) atoms. The molecule has 0 saturated carbocycles. The maximum absolute atomic E-state index is 12.4. The van der Waals surface area contributed by atoms with E-state index in [9.17, 15) is 9.59 Å². The summed E-state index contributed by atoms with van der Waals surface area (Å²) in [5.41, 5.74) is 2.04. The van der Waals surface area contributed by atoms with Crippen LogP contribution in [0.5, 0.6) is 11.5 Å². The Labute approximate surface area is 152 Å². The molecule has 0 aromatic heterocycles. The Kier molecular flexibility index (Phi) is 5.73. The Bertz CT molecular complexity index is 772. The van der Waals surface area contributed by atoms with Gasteiger partial charge in [-0.3, -0.25) is 4.79 Å². The quantitative estimate of drug-likeness (QED) is 0.745. The summed E-state index contributed by atoms with van der Waals surface area (Å²) in [4.78, 5) is 25.9. The first-order valence-corrected chi connectivity index (χ1v) is 8.48. The highest BCUT2D eigenvalue weighted by Gasteiger charge is 2.23. The number of hydrogen-bond donors (Lipinski definition) is 0. The molecule has 1 amide bonds. The highest BCUT2D eigenvalue weighted by Crippen LogP contribution is 2.26. The molecule has 2 aromatic rings. The average molecular weight is 355 g/mol. The molecule has 0 bridgehead atoms. The van der Waals surface area contributed by atoms with Crippen LogP contribution in [-0.4, -0.2) is 38.7 Å². The number of nitrogens with zero attached hydrogens (tertiary/aromatic N) is 1. The average Bonchev–Trinajstić information content (AvgIpc) is 2.70. The number of carbonyl (C=O) groups is 2. The molecular formula is C20H21NO5. The normalized spacial score (nSPS) is 12.9. The number of benzene rings is 2. The third kappa shape index (κ3) is 4.33. The van der Waals surface area contributed by atoms with Crippen LogP contribution in [0.4, 0.5) is 5.69 Å². The molecule has 0 radical (unpaired) electrons. The van der Waals surface area contributed by atoms with Crippen LogP contribution < -0.4 is 14.4 Å². The van der Waals surface area contributed by atoms with Gasteiger partial charge in [0, 0.05) is 12.2 Å². The first-order valence-electron chi connectivity index (χ1n) is 8.48. The van der Waals surface area contributed by atoms with Gasteiger partial charge in [-0.15, -0.1) is 0 Å². The second kappa shape index (κ2) is 8.38. The summed E-state index contributed by atoms with van der Waals surface area (Å²) < 4.78 is 15.5. The number of esters is 1. The number of ether oxygens (including phenoxy) is 3. The highest BCUT2D eigenvalue weighted by atomic mass is 16.6. The van der Waals surface area contributed by atoms with Gasteiger partial charge in [-0.2, -0.15) is 0 Å². The lowest BCUT2D eigenvalue weighted by atomic mass is 10.0. The zero-order chi connectivity index (χ0) is 18.4. The monoisotopic (exact) mass is 355 g/mol. The number of para-hydroxylation sites is 1. The number of aryl methyl sites for hydroxylation is 1. The summed E-state index contributed by atoms with van der Waals surface area (Å²) in [6.45, 7) is 0.0884. The van der Waals surface area contributed by atoms with Crippen LogP contribution in [0.2, 0.25) is 0 Å². The minimum atomic E-state index is -0.584. The molecule has 1 aliphatic rings. The van der Waals surface area contributed by atoms with Crippen LogP contribution in [0.1, 0.15) is 12.0 Å². The van der Waals surface area contributed by atoms with Gasteiger partial charge in [0.1, 0.15) is 11.5 Å². The smallest absolute Gasteiger partial charge is 0.344 e. The molecule has 0 aliphatic carbocycles. The number of hydrogen-bond acceptors (Lipinski definition) is 5. The van der Waals surface area contributed by atoms with Gasteiger partial charge >= 0.3 is 5.97 Å². The number of carbonyl (C=O) groups excluding carboxylic acids is 2. The lowest BCUT2D eigenvalue weighted by molar-refractivity contribution is -0.149. The van der Waals surface area contributed by atoms with Crippen LogP contribution in [0.3, 0.4) is 0 Å². The number of anilines is 1. The maximum Gasteiger partial charge on any atom is 0.344 e. The maximum atomic E-state index is 12.4. The standard InChI is InChI=1S/C20H21NO5/c1-24-16-8-10-17(11-9-16)25-14-20(23)26-13-19(22)21-12-4-6-15-5-2-3-7-18(15)21/h2-3,5,7-11H,4,6,12-14H2,1H3. The molecule has 0 saturated heterocycles. The van der Waals surface area contributed by atoms with Gasteiger partial charge in [0.15, 0.2) is 13.2 Å². The summed E-state index contributed by atoms with van der Waals surface area (Å²) >= 11 is 0.